The van der Waals surface area contributed by atoms with Gasteiger partial charge in [-0.25, -0.2) is 0 Å². The van der Waals surface area contributed by atoms with Gasteiger partial charge in [0.15, 0.2) is 5.82 Å². The van der Waals surface area contributed by atoms with Gasteiger partial charge < -0.3 is 15.0 Å². The molecule has 1 aromatic heterocycles. The second kappa shape index (κ2) is 10.5. The van der Waals surface area contributed by atoms with Crippen LogP contribution in [0.1, 0.15) is 25.0 Å². The van der Waals surface area contributed by atoms with Crippen LogP contribution >= 0.6 is 0 Å². The van der Waals surface area contributed by atoms with E-state index in [2.05, 4.69) is 63.3 Å². The van der Waals surface area contributed by atoms with Crippen molar-refractivity contribution in [1.82, 2.24) is 15.3 Å². The van der Waals surface area contributed by atoms with E-state index in [1.54, 1.807) is 0 Å². The molecule has 7 heteroatoms. The van der Waals surface area contributed by atoms with Gasteiger partial charge >= 0.3 is 6.01 Å². The predicted octanol–water partition coefficient (Wildman–Crippen LogP) is 3.51. The van der Waals surface area contributed by atoms with Crippen molar-refractivity contribution >= 4 is 11.6 Å². The summed E-state index contributed by atoms with van der Waals surface area (Å²) in [5, 5.41) is 11.6. The van der Waals surface area contributed by atoms with E-state index in [0.29, 0.717) is 25.0 Å². The third-order valence-electron chi connectivity index (χ3n) is 3.86. The van der Waals surface area contributed by atoms with E-state index in [4.69, 9.17) is 4.74 Å². The molecular formula is C19H28N6O. The van der Waals surface area contributed by atoms with Crippen LogP contribution in [0.3, 0.4) is 0 Å². The van der Waals surface area contributed by atoms with Crippen LogP contribution in [-0.4, -0.2) is 43.3 Å². The molecule has 0 radical (unpaired) electrons. The summed E-state index contributed by atoms with van der Waals surface area (Å²) < 4.78 is 5.63. The van der Waals surface area contributed by atoms with E-state index >= 15 is 0 Å². The third kappa shape index (κ3) is 6.07. The number of hydrogen-bond donors (Lipinski definition) is 1. The van der Waals surface area contributed by atoms with Crippen LogP contribution in [0.15, 0.2) is 40.6 Å². The van der Waals surface area contributed by atoms with Crippen LogP contribution in [-0.2, 0) is 6.54 Å². The first kappa shape index (κ1) is 19.8. The van der Waals surface area contributed by atoms with Crippen molar-refractivity contribution < 1.29 is 4.74 Å². The maximum absolute atomic E-state index is 5.63. The molecule has 0 aliphatic heterocycles. The molecule has 2 aromatic rings. The molecule has 0 aliphatic carbocycles. The van der Waals surface area contributed by atoms with E-state index in [1.807, 2.05) is 25.2 Å². The Hall–Kier alpha value is -2.54. The highest BCUT2D eigenvalue weighted by atomic mass is 16.5. The molecule has 0 fully saturated rings. The van der Waals surface area contributed by atoms with Gasteiger partial charge in [-0.15, -0.1) is 5.11 Å². The van der Waals surface area contributed by atoms with Crippen molar-refractivity contribution in [2.75, 3.05) is 38.2 Å². The average Bonchev–Trinajstić information content (AvgIpc) is 2.63. The van der Waals surface area contributed by atoms with Crippen LogP contribution in [0.2, 0.25) is 0 Å². The fourth-order valence-electron chi connectivity index (χ4n) is 2.47. The number of nitrogens with one attached hydrogen (secondary N) is 1. The first-order valence-corrected chi connectivity index (χ1v) is 9.00. The number of ether oxygens (including phenoxy) is 1. The van der Waals surface area contributed by atoms with Gasteiger partial charge in [0, 0.05) is 25.7 Å². The second-order valence-corrected chi connectivity index (χ2v) is 5.88. The lowest BCUT2D eigenvalue weighted by Crippen LogP contribution is -2.23. The summed E-state index contributed by atoms with van der Waals surface area (Å²) in [6, 6.07) is 10.4. The Morgan fingerprint density at radius 2 is 1.96 bits per heavy atom. The molecule has 0 bridgehead atoms. The Morgan fingerprint density at radius 1 is 1.15 bits per heavy atom. The van der Waals surface area contributed by atoms with Gasteiger partial charge in [0.2, 0.25) is 0 Å². The molecule has 1 heterocycles. The van der Waals surface area contributed by atoms with Gasteiger partial charge in [-0.2, -0.15) is 15.1 Å². The summed E-state index contributed by atoms with van der Waals surface area (Å²) in [6.07, 6.45) is 0. The van der Waals surface area contributed by atoms with Gasteiger partial charge in [0.1, 0.15) is 12.4 Å². The van der Waals surface area contributed by atoms with Gasteiger partial charge in [-0.05, 0) is 33.4 Å². The van der Waals surface area contributed by atoms with Crippen molar-refractivity contribution in [2.45, 2.75) is 27.3 Å². The van der Waals surface area contributed by atoms with Gasteiger partial charge in [-0.1, -0.05) is 29.8 Å². The predicted molar refractivity (Wildman–Crippen MR) is 104 cm³/mol. The zero-order valence-corrected chi connectivity index (χ0v) is 16.1. The molecule has 0 aliphatic rings. The van der Waals surface area contributed by atoms with Gasteiger partial charge in [0.05, 0.1) is 6.54 Å². The molecule has 2 rings (SSSR count). The number of aromatic nitrogens is 2. The number of hydrogen-bond acceptors (Lipinski definition) is 7. The number of azo groups is 1. The summed E-state index contributed by atoms with van der Waals surface area (Å²) >= 11 is 0. The van der Waals surface area contributed by atoms with Crippen LogP contribution in [0.25, 0.3) is 0 Å². The molecule has 1 N–H and O–H groups in total. The standard InChI is InChI=1S/C19H28N6O/c1-5-25(6-2)18-13-17(22-19(23-18)26-11-10-20-4)24-21-14-16-9-7-8-15(3)12-16/h7-9,12-13,20H,5-6,10-11,14H2,1-4H3. The maximum Gasteiger partial charge on any atom is 0.320 e. The molecular weight excluding hydrogens is 328 g/mol. The molecule has 26 heavy (non-hydrogen) atoms. The minimum atomic E-state index is 0.328. The maximum atomic E-state index is 5.63. The Kier molecular flexibility index (Phi) is 7.95. The Balaban J connectivity index is 2.17. The highest BCUT2D eigenvalue weighted by Crippen LogP contribution is 2.22. The van der Waals surface area contributed by atoms with E-state index in [1.165, 1.54) is 5.56 Å². The third-order valence-corrected chi connectivity index (χ3v) is 3.86. The number of rotatable bonds is 10. The Morgan fingerprint density at radius 3 is 2.65 bits per heavy atom. The minimum Gasteiger partial charge on any atom is -0.462 e. The van der Waals surface area contributed by atoms with Crippen molar-refractivity contribution in [1.29, 1.82) is 0 Å². The molecule has 0 unspecified atom stereocenters. The fourth-order valence-corrected chi connectivity index (χ4v) is 2.47. The van der Waals surface area contributed by atoms with E-state index < -0.39 is 0 Å². The van der Waals surface area contributed by atoms with E-state index in [-0.39, 0.29) is 0 Å². The van der Waals surface area contributed by atoms with Crippen LogP contribution in [0, 0.1) is 6.92 Å². The van der Waals surface area contributed by atoms with Crippen molar-refractivity contribution in [3.63, 3.8) is 0 Å². The van der Waals surface area contributed by atoms with Crippen molar-refractivity contribution in [3.8, 4) is 6.01 Å². The number of aryl methyl sites for hydroxylation is 1. The summed E-state index contributed by atoms with van der Waals surface area (Å²) in [7, 11) is 1.88. The van der Waals surface area contributed by atoms with Crippen LogP contribution in [0.4, 0.5) is 11.6 Å². The van der Waals surface area contributed by atoms with E-state index in [0.717, 1.165) is 31.0 Å². The minimum absolute atomic E-state index is 0.328. The quantitative estimate of drug-likeness (QED) is 0.521. The number of likely N-dealkylation sites (N-methyl/N-ethyl adjacent to an activating group) is 1. The zero-order chi connectivity index (χ0) is 18.8. The summed E-state index contributed by atoms with van der Waals surface area (Å²) in [6.45, 7) is 9.68. The average molecular weight is 356 g/mol. The molecule has 0 spiro atoms. The summed E-state index contributed by atoms with van der Waals surface area (Å²) in [5.74, 6) is 1.31. The Bertz CT molecular complexity index is 715. The Labute approximate surface area is 155 Å². The molecule has 0 amide bonds. The van der Waals surface area contributed by atoms with Gasteiger partial charge in [-0.3, -0.25) is 0 Å². The van der Waals surface area contributed by atoms with Crippen LogP contribution in [0.5, 0.6) is 6.01 Å². The normalized spacial score (nSPS) is 11.1. The number of benzene rings is 1. The van der Waals surface area contributed by atoms with Crippen molar-refractivity contribution in [3.05, 3.63) is 41.5 Å². The molecule has 0 atom stereocenters. The molecule has 1 aromatic carbocycles. The number of nitrogens with zero attached hydrogens (tertiary/aromatic N) is 5. The lowest BCUT2D eigenvalue weighted by Gasteiger charge is -2.20. The number of anilines is 1. The SMILES string of the molecule is CCN(CC)c1cc(N=NCc2cccc(C)c2)nc(OCCNC)n1. The zero-order valence-electron chi connectivity index (χ0n) is 16.1. The topological polar surface area (TPSA) is 75.0 Å². The highest BCUT2D eigenvalue weighted by molar-refractivity contribution is 5.47. The summed E-state index contributed by atoms with van der Waals surface area (Å²) in [5.41, 5.74) is 2.33. The molecule has 0 saturated carbocycles. The molecule has 0 saturated heterocycles. The van der Waals surface area contributed by atoms with Gasteiger partial charge in [0.25, 0.3) is 0 Å². The monoisotopic (exact) mass is 356 g/mol. The fraction of sp³-hybridized carbons (Fsp3) is 0.474. The van der Waals surface area contributed by atoms with Crippen molar-refractivity contribution in [2.24, 2.45) is 10.2 Å². The smallest absolute Gasteiger partial charge is 0.320 e. The lowest BCUT2D eigenvalue weighted by molar-refractivity contribution is 0.294. The van der Waals surface area contributed by atoms with E-state index in [9.17, 15) is 0 Å². The lowest BCUT2D eigenvalue weighted by atomic mass is 10.1. The second-order valence-electron chi connectivity index (χ2n) is 5.88. The summed E-state index contributed by atoms with van der Waals surface area (Å²) in [4.78, 5) is 11.0. The highest BCUT2D eigenvalue weighted by Gasteiger charge is 2.10. The van der Waals surface area contributed by atoms with Crippen LogP contribution < -0.4 is 15.0 Å². The largest absolute Gasteiger partial charge is 0.462 e. The molecule has 140 valence electrons. The first-order chi connectivity index (χ1) is 12.7. The molecule has 7 nitrogen and oxygen atoms in total. The first-order valence-electron chi connectivity index (χ1n) is 9.00.